The summed E-state index contributed by atoms with van der Waals surface area (Å²) in [5.74, 6) is 0.716. The van der Waals surface area contributed by atoms with Crippen LogP contribution < -0.4 is 4.74 Å². The molecule has 1 aliphatic rings. The van der Waals surface area contributed by atoms with Gasteiger partial charge in [-0.1, -0.05) is 6.07 Å². The molecule has 0 N–H and O–H groups in total. The highest BCUT2D eigenvalue weighted by Gasteiger charge is 2.35. The molecule has 1 aromatic carbocycles. The van der Waals surface area contributed by atoms with E-state index in [1.165, 1.54) is 0 Å². The Bertz CT molecular complexity index is 515. The van der Waals surface area contributed by atoms with E-state index in [0.717, 1.165) is 0 Å². The molecule has 5 nitrogen and oxygen atoms in total. The molecule has 0 bridgehead atoms. The van der Waals surface area contributed by atoms with Crippen molar-refractivity contribution in [2.45, 2.75) is 32.5 Å². The number of ether oxygens (including phenoxy) is 3. The van der Waals surface area contributed by atoms with E-state index >= 15 is 0 Å². The van der Waals surface area contributed by atoms with Crippen molar-refractivity contribution in [1.82, 2.24) is 4.90 Å². The monoisotopic (exact) mass is 307 g/mol. The van der Waals surface area contributed by atoms with Crippen LogP contribution in [0.1, 0.15) is 31.1 Å². The van der Waals surface area contributed by atoms with Crippen LogP contribution in [0.15, 0.2) is 24.3 Å². The molecule has 5 heteroatoms. The summed E-state index contributed by atoms with van der Waals surface area (Å²) in [5.41, 5.74) is 0.258. The molecular formula is C17H25NO4. The van der Waals surface area contributed by atoms with Gasteiger partial charge in [0.15, 0.2) is 0 Å². The Labute approximate surface area is 132 Å². The molecule has 1 aromatic rings. The van der Waals surface area contributed by atoms with Crippen LogP contribution in [0.5, 0.6) is 5.75 Å². The minimum absolute atomic E-state index is 0.000897. The Morgan fingerprint density at radius 2 is 2.23 bits per heavy atom. The van der Waals surface area contributed by atoms with Gasteiger partial charge in [-0.15, -0.1) is 0 Å². The van der Waals surface area contributed by atoms with E-state index < -0.39 is 0 Å². The summed E-state index contributed by atoms with van der Waals surface area (Å²) >= 11 is 0. The third kappa shape index (κ3) is 4.21. The van der Waals surface area contributed by atoms with E-state index in [4.69, 9.17) is 14.2 Å². The van der Waals surface area contributed by atoms with E-state index in [1.807, 2.05) is 43.9 Å². The van der Waals surface area contributed by atoms with Gasteiger partial charge in [-0.3, -0.25) is 4.79 Å². The lowest BCUT2D eigenvalue weighted by atomic mass is 10.0. The first-order valence-corrected chi connectivity index (χ1v) is 7.64. The molecule has 0 radical (unpaired) electrons. The third-order valence-corrected chi connectivity index (χ3v) is 3.51. The van der Waals surface area contributed by atoms with Crippen molar-refractivity contribution in [1.29, 1.82) is 0 Å². The van der Waals surface area contributed by atoms with Crippen LogP contribution in [-0.2, 0) is 9.47 Å². The van der Waals surface area contributed by atoms with Gasteiger partial charge in [0.05, 0.1) is 24.9 Å². The number of rotatable bonds is 5. The Balaban J connectivity index is 2.15. The van der Waals surface area contributed by atoms with Gasteiger partial charge in [0.2, 0.25) is 0 Å². The molecular weight excluding hydrogens is 282 g/mol. The van der Waals surface area contributed by atoms with Gasteiger partial charge in [0.25, 0.3) is 5.91 Å². The van der Waals surface area contributed by atoms with Crippen LogP contribution in [-0.4, -0.2) is 55.9 Å². The van der Waals surface area contributed by atoms with Gasteiger partial charge in [0, 0.05) is 25.8 Å². The number of hydrogen-bond donors (Lipinski definition) is 0. The Hall–Kier alpha value is -1.59. The van der Waals surface area contributed by atoms with Gasteiger partial charge in [-0.2, -0.15) is 0 Å². The fraction of sp³-hybridized carbons (Fsp3) is 0.588. The molecule has 1 aliphatic heterocycles. The number of benzene rings is 1. The summed E-state index contributed by atoms with van der Waals surface area (Å²) in [4.78, 5) is 14.6. The van der Waals surface area contributed by atoms with Crippen molar-refractivity contribution in [2.75, 3.05) is 33.4 Å². The molecule has 22 heavy (non-hydrogen) atoms. The second-order valence-electron chi connectivity index (χ2n) is 6.10. The van der Waals surface area contributed by atoms with Gasteiger partial charge < -0.3 is 19.1 Å². The second-order valence-corrected chi connectivity index (χ2v) is 6.10. The highest BCUT2D eigenvalue weighted by atomic mass is 16.5. The largest absolute Gasteiger partial charge is 0.494 e. The molecule has 0 aliphatic carbocycles. The van der Waals surface area contributed by atoms with E-state index in [-0.39, 0.29) is 17.6 Å². The van der Waals surface area contributed by atoms with Crippen molar-refractivity contribution in [3.8, 4) is 5.75 Å². The Kier molecular flexibility index (Phi) is 5.42. The maximum Gasteiger partial charge on any atom is 0.254 e. The topological polar surface area (TPSA) is 48.0 Å². The molecule has 1 heterocycles. The standard InChI is InChI=1S/C17H25NO4/c1-5-21-14-8-6-7-13(9-14)16(19)18-10-15(11-20-4)22-17(2,3)12-18/h6-9,15H,5,10-12H2,1-4H3/t15-/m0/s1. The molecule has 0 unspecified atom stereocenters. The van der Waals surface area contributed by atoms with Crippen molar-refractivity contribution in [3.63, 3.8) is 0 Å². The van der Waals surface area contributed by atoms with E-state index in [1.54, 1.807) is 13.2 Å². The SMILES string of the molecule is CCOc1cccc(C(=O)N2C[C@@H](COC)OC(C)(C)C2)c1. The highest BCUT2D eigenvalue weighted by molar-refractivity contribution is 5.94. The predicted octanol–water partition coefficient (Wildman–Crippen LogP) is 2.35. The zero-order chi connectivity index (χ0) is 16.2. The summed E-state index contributed by atoms with van der Waals surface area (Å²) in [6, 6.07) is 7.31. The zero-order valence-corrected chi connectivity index (χ0v) is 13.8. The van der Waals surface area contributed by atoms with Gasteiger partial charge in [0.1, 0.15) is 5.75 Å². The van der Waals surface area contributed by atoms with Gasteiger partial charge in [-0.25, -0.2) is 0 Å². The molecule has 0 saturated carbocycles. The lowest BCUT2D eigenvalue weighted by Gasteiger charge is -2.42. The fourth-order valence-electron chi connectivity index (χ4n) is 2.79. The summed E-state index contributed by atoms with van der Waals surface area (Å²) in [6.07, 6.45) is -0.104. The van der Waals surface area contributed by atoms with Crippen molar-refractivity contribution < 1.29 is 19.0 Å². The van der Waals surface area contributed by atoms with Crippen molar-refractivity contribution in [3.05, 3.63) is 29.8 Å². The Morgan fingerprint density at radius 3 is 2.91 bits per heavy atom. The molecule has 1 atom stereocenters. The quantitative estimate of drug-likeness (QED) is 0.838. The number of carbonyl (C=O) groups excluding carboxylic acids is 1. The van der Waals surface area contributed by atoms with Crippen LogP contribution in [0.25, 0.3) is 0 Å². The minimum atomic E-state index is -0.380. The number of morpholine rings is 1. The first-order chi connectivity index (χ1) is 10.4. The summed E-state index contributed by atoms with van der Waals surface area (Å²) in [6.45, 7) is 8.07. The molecule has 1 fully saturated rings. The molecule has 2 rings (SSSR count). The van der Waals surface area contributed by atoms with Crippen LogP contribution in [0, 0.1) is 0 Å². The lowest BCUT2D eigenvalue weighted by molar-refractivity contribution is -0.143. The molecule has 0 spiro atoms. The normalized spacial score (nSPS) is 20.7. The summed E-state index contributed by atoms with van der Waals surface area (Å²) in [7, 11) is 1.64. The molecule has 1 saturated heterocycles. The summed E-state index contributed by atoms with van der Waals surface area (Å²) in [5, 5.41) is 0. The first kappa shape index (κ1) is 16.8. The third-order valence-electron chi connectivity index (χ3n) is 3.51. The minimum Gasteiger partial charge on any atom is -0.494 e. The molecule has 1 amide bonds. The van der Waals surface area contributed by atoms with Crippen LogP contribution in [0.2, 0.25) is 0 Å². The van der Waals surface area contributed by atoms with Crippen LogP contribution in [0.4, 0.5) is 0 Å². The first-order valence-electron chi connectivity index (χ1n) is 7.64. The van der Waals surface area contributed by atoms with Crippen LogP contribution >= 0.6 is 0 Å². The van der Waals surface area contributed by atoms with Gasteiger partial charge >= 0.3 is 0 Å². The average Bonchev–Trinajstić information content (AvgIpc) is 2.46. The maximum atomic E-state index is 12.8. The molecule has 0 aromatic heterocycles. The van der Waals surface area contributed by atoms with Crippen molar-refractivity contribution >= 4 is 5.91 Å². The zero-order valence-electron chi connectivity index (χ0n) is 13.8. The number of amides is 1. The molecule has 122 valence electrons. The van der Waals surface area contributed by atoms with E-state index in [0.29, 0.717) is 37.6 Å². The predicted molar refractivity (Wildman–Crippen MR) is 84.3 cm³/mol. The second kappa shape index (κ2) is 7.11. The highest BCUT2D eigenvalue weighted by Crippen LogP contribution is 2.23. The number of methoxy groups -OCH3 is 1. The smallest absolute Gasteiger partial charge is 0.254 e. The number of carbonyl (C=O) groups is 1. The average molecular weight is 307 g/mol. The summed E-state index contributed by atoms with van der Waals surface area (Å²) < 4.78 is 16.6. The van der Waals surface area contributed by atoms with Crippen LogP contribution in [0.3, 0.4) is 0 Å². The fourth-order valence-corrected chi connectivity index (χ4v) is 2.79. The number of nitrogens with zero attached hydrogens (tertiary/aromatic N) is 1. The van der Waals surface area contributed by atoms with E-state index in [9.17, 15) is 4.79 Å². The Morgan fingerprint density at radius 1 is 1.45 bits per heavy atom. The van der Waals surface area contributed by atoms with E-state index in [2.05, 4.69) is 0 Å². The maximum absolute atomic E-state index is 12.8. The van der Waals surface area contributed by atoms with Crippen molar-refractivity contribution in [2.24, 2.45) is 0 Å². The number of hydrogen-bond acceptors (Lipinski definition) is 4. The van der Waals surface area contributed by atoms with Gasteiger partial charge in [-0.05, 0) is 39.0 Å². The lowest BCUT2D eigenvalue weighted by Crippen LogP contribution is -2.55.